The van der Waals surface area contributed by atoms with E-state index in [2.05, 4.69) is 5.32 Å². The van der Waals surface area contributed by atoms with Crippen molar-refractivity contribution in [3.63, 3.8) is 0 Å². The Morgan fingerprint density at radius 1 is 0.938 bits per heavy atom. The van der Waals surface area contributed by atoms with Crippen LogP contribution in [0.25, 0.3) is 0 Å². The van der Waals surface area contributed by atoms with Crippen LogP contribution < -0.4 is 10.1 Å². The van der Waals surface area contributed by atoms with Crippen molar-refractivity contribution in [3.05, 3.63) is 118 Å². The highest BCUT2D eigenvalue weighted by Crippen LogP contribution is 2.25. The second-order valence-electron chi connectivity index (χ2n) is 6.85. The highest BCUT2D eigenvalue weighted by atomic mass is 35.5. The van der Waals surface area contributed by atoms with Crippen molar-refractivity contribution in [2.75, 3.05) is 5.32 Å². The summed E-state index contributed by atoms with van der Waals surface area (Å²) in [5, 5.41) is 3.08. The minimum Gasteiger partial charge on any atom is -0.486 e. The standard InChI is InChI=1S/C25H17ClFNO4/c26-17-6-12-22(21(14-17)24(29)16-4-2-1-3-5-16)28-25(30)23-13-11-20(32-23)15-31-19-9-7-18(27)8-10-19/h1-14H,15H2,(H,28,30). The molecule has 0 bridgehead atoms. The SMILES string of the molecule is O=C(Nc1ccc(Cl)cc1C(=O)c1ccccc1)c1ccc(COc2ccc(F)cc2)o1. The zero-order valence-electron chi connectivity index (χ0n) is 16.7. The largest absolute Gasteiger partial charge is 0.486 e. The number of anilines is 1. The predicted octanol–water partition coefficient (Wildman–Crippen LogP) is 6.13. The molecule has 0 aliphatic heterocycles. The first kappa shape index (κ1) is 21.3. The van der Waals surface area contributed by atoms with Gasteiger partial charge in [0.15, 0.2) is 11.5 Å². The summed E-state index contributed by atoms with van der Waals surface area (Å²) in [5.74, 6) is -0.216. The molecule has 0 fully saturated rings. The maximum Gasteiger partial charge on any atom is 0.291 e. The number of ketones is 1. The van der Waals surface area contributed by atoms with Gasteiger partial charge in [0.25, 0.3) is 5.91 Å². The molecule has 0 saturated heterocycles. The van der Waals surface area contributed by atoms with Crippen molar-refractivity contribution >= 4 is 29.0 Å². The Labute approximate surface area is 188 Å². The van der Waals surface area contributed by atoms with Gasteiger partial charge in [0.2, 0.25) is 0 Å². The Bertz CT molecular complexity index is 1250. The van der Waals surface area contributed by atoms with Gasteiger partial charge in [0.05, 0.1) is 5.69 Å². The summed E-state index contributed by atoms with van der Waals surface area (Å²) < 4.78 is 24.0. The van der Waals surface area contributed by atoms with Gasteiger partial charge in [0, 0.05) is 16.1 Å². The first-order valence-electron chi connectivity index (χ1n) is 9.67. The van der Waals surface area contributed by atoms with Crippen LogP contribution in [0.5, 0.6) is 5.75 Å². The second-order valence-corrected chi connectivity index (χ2v) is 7.28. The van der Waals surface area contributed by atoms with Gasteiger partial charge in [-0.15, -0.1) is 0 Å². The average Bonchev–Trinajstić information content (AvgIpc) is 3.29. The number of furan rings is 1. The lowest BCUT2D eigenvalue weighted by molar-refractivity contribution is 0.0992. The van der Waals surface area contributed by atoms with Gasteiger partial charge in [0.1, 0.15) is 23.9 Å². The van der Waals surface area contributed by atoms with E-state index in [1.165, 1.54) is 36.4 Å². The van der Waals surface area contributed by atoms with E-state index in [1.807, 2.05) is 6.07 Å². The number of rotatable bonds is 7. The fraction of sp³-hybridized carbons (Fsp3) is 0.0400. The van der Waals surface area contributed by atoms with Crippen LogP contribution in [0.1, 0.15) is 32.2 Å². The maximum absolute atomic E-state index is 13.0. The minimum atomic E-state index is -0.525. The number of carbonyl (C=O) groups is 2. The molecule has 7 heteroatoms. The highest BCUT2D eigenvalue weighted by Gasteiger charge is 2.18. The Balaban J connectivity index is 1.47. The second kappa shape index (κ2) is 9.49. The fourth-order valence-corrected chi connectivity index (χ4v) is 3.18. The molecule has 3 aromatic carbocycles. The van der Waals surface area contributed by atoms with E-state index in [0.717, 1.165) is 0 Å². The molecule has 0 spiro atoms. The Morgan fingerprint density at radius 3 is 2.44 bits per heavy atom. The van der Waals surface area contributed by atoms with Crippen molar-refractivity contribution in [1.82, 2.24) is 0 Å². The van der Waals surface area contributed by atoms with Gasteiger partial charge in [-0.1, -0.05) is 41.9 Å². The topological polar surface area (TPSA) is 68.5 Å². The van der Waals surface area contributed by atoms with Crippen molar-refractivity contribution in [2.24, 2.45) is 0 Å². The number of benzene rings is 3. The molecule has 1 aromatic heterocycles. The summed E-state index contributed by atoms with van der Waals surface area (Å²) in [5.41, 5.74) is 1.06. The monoisotopic (exact) mass is 449 g/mol. The Kier molecular flexibility index (Phi) is 6.33. The minimum absolute atomic E-state index is 0.0516. The van der Waals surface area contributed by atoms with Gasteiger partial charge in [-0.2, -0.15) is 0 Å². The molecular formula is C25H17ClFNO4. The number of hydrogen-bond acceptors (Lipinski definition) is 4. The number of hydrogen-bond donors (Lipinski definition) is 1. The molecule has 0 radical (unpaired) electrons. The van der Waals surface area contributed by atoms with E-state index in [4.69, 9.17) is 20.8 Å². The molecule has 5 nitrogen and oxygen atoms in total. The van der Waals surface area contributed by atoms with E-state index in [1.54, 1.807) is 42.5 Å². The van der Waals surface area contributed by atoms with Crippen molar-refractivity contribution in [1.29, 1.82) is 0 Å². The van der Waals surface area contributed by atoms with Crippen LogP contribution in [0, 0.1) is 5.82 Å². The summed E-state index contributed by atoms with van der Waals surface area (Å²) in [4.78, 5) is 25.6. The fourth-order valence-electron chi connectivity index (χ4n) is 3.01. The van der Waals surface area contributed by atoms with Crippen LogP contribution in [0.3, 0.4) is 0 Å². The van der Waals surface area contributed by atoms with Gasteiger partial charge in [-0.05, 0) is 54.6 Å². The Hall–Kier alpha value is -3.90. The van der Waals surface area contributed by atoms with Crippen LogP contribution in [0.15, 0.2) is 89.3 Å². The highest BCUT2D eigenvalue weighted by molar-refractivity contribution is 6.31. The van der Waals surface area contributed by atoms with Crippen LogP contribution in [-0.4, -0.2) is 11.7 Å². The first-order chi connectivity index (χ1) is 15.5. The zero-order valence-corrected chi connectivity index (χ0v) is 17.4. The third-order valence-electron chi connectivity index (χ3n) is 4.59. The van der Waals surface area contributed by atoms with Gasteiger partial charge in [-0.3, -0.25) is 9.59 Å². The molecule has 1 N–H and O–H groups in total. The lowest BCUT2D eigenvalue weighted by atomic mass is 10.0. The summed E-state index contributed by atoms with van der Waals surface area (Å²) in [6, 6.07) is 22.1. The molecule has 1 heterocycles. The number of ether oxygens (including phenoxy) is 1. The van der Waals surface area contributed by atoms with E-state index >= 15 is 0 Å². The van der Waals surface area contributed by atoms with Crippen molar-refractivity contribution in [3.8, 4) is 5.75 Å². The van der Waals surface area contributed by atoms with Gasteiger partial charge >= 0.3 is 0 Å². The number of nitrogens with one attached hydrogen (secondary N) is 1. The van der Waals surface area contributed by atoms with Crippen molar-refractivity contribution < 1.29 is 23.1 Å². The molecule has 4 aromatic rings. The van der Waals surface area contributed by atoms with Crippen molar-refractivity contribution in [2.45, 2.75) is 6.61 Å². The zero-order chi connectivity index (χ0) is 22.5. The summed E-state index contributed by atoms with van der Waals surface area (Å²) in [6.45, 7) is 0.0671. The lowest BCUT2D eigenvalue weighted by Gasteiger charge is -2.10. The number of halogens is 2. The van der Waals surface area contributed by atoms with Crippen LogP contribution >= 0.6 is 11.6 Å². The van der Waals surface area contributed by atoms with Crippen LogP contribution in [0.2, 0.25) is 5.02 Å². The molecule has 0 aliphatic carbocycles. The van der Waals surface area contributed by atoms with E-state index in [0.29, 0.717) is 27.8 Å². The number of amides is 1. The lowest BCUT2D eigenvalue weighted by Crippen LogP contribution is -2.14. The van der Waals surface area contributed by atoms with E-state index in [-0.39, 0.29) is 29.5 Å². The Morgan fingerprint density at radius 2 is 1.69 bits per heavy atom. The molecule has 32 heavy (non-hydrogen) atoms. The van der Waals surface area contributed by atoms with Gasteiger partial charge in [-0.25, -0.2) is 4.39 Å². The molecule has 0 aliphatic rings. The first-order valence-corrected chi connectivity index (χ1v) is 10.0. The quantitative estimate of drug-likeness (QED) is 0.344. The molecular weight excluding hydrogens is 433 g/mol. The van der Waals surface area contributed by atoms with E-state index < -0.39 is 5.91 Å². The van der Waals surface area contributed by atoms with Crippen LogP contribution in [-0.2, 0) is 6.61 Å². The normalized spacial score (nSPS) is 10.6. The maximum atomic E-state index is 13.0. The smallest absolute Gasteiger partial charge is 0.291 e. The summed E-state index contributed by atoms with van der Waals surface area (Å²) >= 11 is 6.08. The third kappa shape index (κ3) is 5.04. The predicted molar refractivity (Wildman–Crippen MR) is 119 cm³/mol. The molecule has 160 valence electrons. The molecule has 0 atom stereocenters. The third-order valence-corrected chi connectivity index (χ3v) is 4.83. The summed E-state index contributed by atoms with van der Waals surface area (Å²) in [6.07, 6.45) is 0. The van der Waals surface area contributed by atoms with E-state index in [9.17, 15) is 14.0 Å². The average molecular weight is 450 g/mol. The molecule has 4 rings (SSSR count). The molecule has 1 amide bonds. The molecule has 0 unspecified atom stereocenters. The van der Waals surface area contributed by atoms with Crippen LogP contribution in [0.4, 0.5) is 10.1 Å². The van der Waals surface area contributed by atoms with Gasteiger partial charge < -0.3 is 14.5 Å². The number of carbonyl (C=O) groups excluding carboxylic acids is 2. The molecule has 0 saturated carbocycles. The summed E-state index contributed by atoms with van der Waals surface area (Å²) in [7, 11) is 0.